The van der Waals surface area contributed by atoms with Crippen LogP contribution in [0.4, 0.5) is 0 Å². The number of hydrogen-bond donors (Lipinski definition) is 0. The zero-order chi connectivity index (χ0) is 15.2. The van der Waals surface area contributed by atoms with Crippen LogP contribution in [-0.2, 0) is 6.61 Å². The summed E-state index contributed by atoms with van der Waals surface area (Å²) >= 11 is 6.08. The van der Waals surface area contributed by atoms with Crippen molar-refractivity contribution in [3.63, 3.8) is 0 Å². The molecule has 0 atom stereocenters. The number of methoxy groups -OCH3 is 1. The molecule has 0 heterocycles. The first-order valence-electron chi connectivity index (χ1n) is 6.12. The number of nitrogens with zero attached hydrogens (tertiary/aromatic N) is 1. The van der Waals surface area contributed by atoms with Gasteiger partial charge in [0.15, 0.2) is 6.29 Å². The van der Waals surface area contributed by atoms with Gasteiger partial charge in [-0.1, -0.05) is 17.7 Å². The molecule has 2 aromatic rings. The monoisotopic (exact) mass is 301 g/mol. The van der Waals surface area contributed by atoms with Gasteiger partial charge in [0, 0.05) is 16.7 Å². The van der Waals surface area contributed by atoms with Crippen molar-refractivity contribution in [2.24, 2.45) is 0 Å². The van der Waals surface area contributed by atoms with Crippen molar-refractivity contribution in [3.8, 4) is 17.6 Å². The number of ether oxygens (including phenoxy) is 2. The third-order valence-corrected chi connectivity index (χ3v) is 3.26. The number of halogens is 1. The topological polar surface area (TPSA) is 59.3 Å². The van der Waals surface area contributed by atoms with E-state index in [1.165, 1.54) is 7.11 Å². The fourth-order valence-corrected chi connectivity index (χ4v) is 1.99. The number of rotatable bonds is 5. The minimum Gasteiger partial charge on any atom is -0.497 e. The van der Waals surface area contributed by atoms with Crippen LogP contribution in [0.2, 0.25) is 5.02 Å². The van der Waals surface area contributed by atoms with Gasteiger partial charge in [-0.25, -0.2) is 0 Å². The maximum Gasteiger partial charge on any atom is 0.153 e. The van der Waals surface area contributed by atoms with Gasteiger partial charge in [0.05, 0.1) is 24.3 Å². The van der Waals surface area contributed by atoms with E-state index in [2.05, 4.69) is 0 Å². The van der Waals surface area contributed by atoms with E-state index in [0.29, 0.717) is 27.6 Å². The molecule has 2 aromatic carbocycles. The highest BCUT2D eigenvalue weighted by atomic mass is 35.5. The van der Waals surface area contributed by atoms with Gasteiger partial charge >= 0.3 is 0 Å². The van der Waals surface area contributed by atoms with Gasteiger partial charge in [0.1, 0.15) is 18.1 Å². The maximum atomic E-state index is 11.0. The molecule has 0 saturated carbocycles. The van der Waals surface area contributed by atoms with Crippen molar-refractivity contribution in [3.05, 3.63) is 58.1 Å². The van der Waals surface area contributed by atoms with E-state index in [1.54, 1.807) is 36.4 Å². The predicted octanol–water partition coefficient (Wildman–Crippen LogP) is 3.61. The fraction of sp³-hybridized carbons (Fsp3) is 0.125. The SMILES string of the molecule is COc1ccc(C=O)c(OCc2ccc(C#N)cc2Cl)c1. The Hall–Kier alpha value is -2.51. The van der Waals surface area contributed by atoms with E-state index < -0.39 is 0 Å². The molecule has 0 saturated heterocycles. The summed E-state index contributed by atoms with van der Waals surface area (Å²) < 4.78 is 10.7. The molecule has 0 aromatic heterocycles. The molecule has 21 heavy (non-hydrogen) atoms. The third kappa shape index (κ3) is 3.53. The van der Waals surface area contributed by atoms with Crippen LogP contribution in [0.3, 0.4) is 0 Å². The van der Waals surface area contributed by atoms with E-state index in [0.717, 1.165) is 11.8 Å². The number of carbonyl (C=O) groups is 1. The van der Waals surface area contributed by atoms with Crippen molar-refractivity contribution in [1.82, 2.24) is 0 Å². The molecule has 0 aliphatic rings. The fourth-order valence-electron chi connectivity index (χ4n) is 1.75. The zero-order valence-electron chi connectivity index (χ0n) is 11.3. The molecule has 0 fully saturated rings. The predicted molar refractivity (Wildman–Crippen MR) is 78.9 cm³/mol. The Kier molecular flexibility index (Phi) is 4.81. The normalized spacial score (nSPS) is 9.76. The Morgan fingerprint density at radius 3 is 2.71 bits per heavy atom. The quantitative estimate of drug-likeness (QED) is 0.792. The van der Waals surface area contributed by atoms with Crippen molar-refractivity contribution < 1.29 is 14.3 Å². The molecule has 106 valence electrons. The van der Waals surface area contributed by atoms with Gasteiger partial charge in [-0.15, -0.1) is 0 Å². The highest BCUT2D eigenvalue weighted by molar-refractivity contribution is 6.31. The van der Waals surface area contributed by atoms with Crippen LogP contribution >= 0.6 is 11.6 Å². The molecule has 0 amide bonds. The molecule has 0 spiro atoms. The van der Waals surface area contributed by atoms with Gasteiger partial charge in [0.25, 0.3) is 0 Å². The largest absolute Gasteiger partial charge is 0.497 e. The molecule has 0 radical (unpaired) electrons. The van der Waals surface area contributed by atoms with E-state index in [4.69, 9.17) is 26.3 Å². The molecule has 5 heteroatoms. The standard InChI is InChI=1S/C16H12ClNO3/c1-20-14-5-4-12(9-19)16(7-14)21-10-13-3-2-11(8-18)6-15(13)17/h2-7,9H,10H2,1H3. The first-order chi connectivity index (χ1) is 10.2. The summed E-state index contributed by atoms with van der Waals surface area (Å²) in [4.78, 5) is 11.0. The number of carbonyl (C=O) groups excluding carboxylic acids is 1. The van der Waals surface area contributed by atoms with Gasteiger partial charge in [-0.05, 0) is 24.3 Å². The summed E-state index contributed by atoms with van der Waals surface area (Å²) in [7, 11) is 1.54. The van der Waals surface area contributed by atoms with E-state index in [1.807, 2.05) is 6.07 Å². The summed E-state index contributed by atoms with van der Waals surface area (Å²) in [6, 6.07) is 11.9. The Morgan fingerprint density at radius 2 is 2.10 bits per heavy atom. The van der Waals surface area contributed by atoms with Gasteiger partial charge in [-0.3, -0.25) is 4.79 Å². The number of hydrogen-bond acceptors (Lipinski definition) is 4. The Labute approximate surface area is 127 Å². The van der Waals surface area contributed by atoms with E-state index >= 15 is 0 Å². The van der Waals surface area contributed by atoms with Gasteiger partial charge in [-0.2, -0.15) is 5.26 Å². The smallest absolute Gasteiger partial charge is 0.153 e. The lowest BCUT2D eigenvalue weighted by molar-refractivity contribution is 0.111. The van der Waals surface area contributed by atoms with Crippen LogP contribution in [-0.4, -0.2) is 13.4 Å². The summed E-state index contributed by atoms with van der Waals surface area (Å²) in [6.45, 7) is 0.193. The highest BCUT2D eigenvalue weighted by Gasteiger charge is 2.08. The number of benzene rings is 2. The Bertz CT molecular complexity index is 707. The van der Waals surface area contributed by atoms with Crippen LogP contribution in [0.5, 0.6) is 11.5 Å². The van der Waals surface area contributed by atoms with Crippen LogP contribution in [0.25, 0.3) is 0 Å². The van der Waals surface area contributed by atoms with Crippen molar-refractivity contribution in [1.29, 1.82) is 5.26 Å². The van der Waals surface area contributed by atoms with Crippen LogP contribution in [0, 0.1) is 11.3 Å². The number of aldehydes is 1. The molecule has 0 bridgehead atoms. The van der Waals surface area contributed by atoms with Crippen LogP contribution in [0.15, 0.2) is 36.4 Å². The molecular weight excluding hydrogens is 290 g/mol. The van der Waals surface area contributed by atoms with E-state index in [-0.39, 0.29) is 6.61 Å². The molecule has 4 nitrogen and oxygen atoms in total. The minimum atomic E-state index is 0.193. The molecule has 0 N–H and O–H groups in total. The lowest BCUT2D eigenvalue weighted by Crippen LogP contribution is -2.00. The molecule has 2 rings (SSSR count). The average Bonchev–Trinajstić information content (AvgIpc) is 2.53. The second-order valence-electron chi connectivity index (χ2n) is 4.23. The Balaban J connectivity index is 2.20. The lowest BCUT2D eigenvalue weighted by Gasteiger charge is -2.11. The second kappa shape index (κ2) is 6.78. The first kappa shape index (κ1) is 14.9. The summed E-state index contributed by atoms with van der Waals surface area (Å²) in [5.74, 6) is 1.02. The molecule has 0 unspecified atom stereocenters. The summed E-state index contributed by atoms with van der Waals surface area (Å²) in [5.41, 5.74) is 1.65. The zero-order valence-corrected chi connectivity index (χ0v) is 12.1. The molecular formula is C16H12ClNO3. The highest BCUT2D eigenvalue weighted by Crippen LogP contribution is 2.26. The molecule has 0 aliphatic heterocycles. The van der Waals surface area contributed by atoms with Crippen LogP contribution in [0.1, 0.15) is 21.5 Å². The van der Waals surface area contributed by atoms with Gasteiger partial charge in [0.2, 0.25) is 0 Å². The molecule has 0 aliphatic carbocycles. The van der Waals surface area contributed by atoms with Gasteiger partial charge < -0.3 is 9.47 Å². The second-order valence-corrected chi connectivity index (χ2v) is 4.64. The van der Waals surface area contributed by atoms with Crippen molar-refractivity contribution in [2.45, 2.75) is 6.61 Å². The maximum absolute atomic E-state index is 11.0. The minimum absolute atomic E-state index is 0.193. The average molecular weight is 302 g/mol. The Morgan fingerprint density at radius 1 is 1.29 bits per heavy atom. The first-order valence-corrected chi connectivity index (χ1v) is 6.50. The van der Waals surface area contributed by atoms with E-state index in [9.17, 15) is 4.79 Å². The van der Waals surface area contributed by atoms with Crippen molar-refractivity contribution in [2.75, 3.05) is 7.11 Å². The van der Waals surface area contributed by atoms with Crippen LogP contribution < -0.4 is 9.47 Å². The summed E-state index contributed by atoms with van der Waals surface area (Å²) in [5, 5.41) is 9.24. The lowest BCUT2D eigenvalue weighted by atomic mass is 10.1. The third-order valence-electron chi connectivity index (χ3n) is 2.91. The number of nitriles is 1. The van der Waals surface area contributed by atoms with Crippen molar-refractivity contribution >= 4 is 17.9 Å². The summed E-state index contributed by atoms with van der Waals surface area (Å²) in [6.07, 6.45) is 0.717.